The van der Waals surface area contributed by atoms with Gasteiger partial charge in [-0.3, -0.25) is 4.18 Å². The van der Waals surface area contributed by atoms with Gasteiger partial charge in [-0.15, -0.1) is 0 Å². The van der Waals surface area contributed by atoms with Crippen LogP contribution < -0.4 is 14.2 Å². The molecule has 0 saturated heterocycles. The van der Waals surface area contributed by atoms with Crippen molar-refractivity contribution in [3.63, 3.8) is 0 Å². The van der Waals surface area contributed by atoms with Crippen LogP contribution in [-0.4, -0.2) is 34.5 Å². The van der Waals surface area contributed by atoms with Crippen molar-refractivity contribution in [1.82, 2.24) is 0 Å². The lowest BCUT2D eigenvalue weighted by Gasteiger charge is -2.26. The lowest BCUT2D eigenvalue weighted by molar-refractivity contribution is 0.112. The summed E-state index contributed by atoms with van der Waals surface area (Å²) < 4.78 is 44.4. The van der Waals surface area contributed by atoms with Crippen molar-refractivity contribution in [3.05, 3.63) is 53.6 Å². The van der Waals surface area contributed by atoms with E-state index in [9.17, 15) is 8.42 Å². The average molecular weight is 378 g/mol. The Morgan fingerprint density at radius 1 is 1.15 bits per heavy atom. The summed E-state index contributed by atoms with van der Waals surface area (Å²) in [4.78, 5) is 0. The number of methoxy groups -OCH3 is 1. The second kappa shape index (κ2) is 7.97. The van der Waals surface area contributed by atoms with Crippen LogP contribution in [0.1, 0.15) is 17.5 Å². The zero-order valence-corrected chi connectivity index (χ0v) is 15.6. The fourth-order valence-electron chi connectivity index (χ4n) is 2.77. The monoisotopic (exact) mass is 378 g/mol. The zero-order chi connectivity index (χ0) is 18.6. The van der Waals surface area contributed by atoms with Crippen LogP contribution in [0.15, 0.2) is 42.5 Å². The van der Waals surface area contributed by atoms with Crippen molar-refractivity contribution < 1.29 is 26.8 Å². The minimum atomic E-state index is -3.48. The van der Waals surface area contributed by atoms with Gasteiger partial charge in [-0.25, -0.2) is 0 Å². The van der Waals surface area contributed by atoms with Gasteiger partial charge in [0.05, 0.1) is 13.4 Å². The molecule has 1 atom stereocenters. The molecule has 2 aromatic rings. The van der Waals surface area contributed by atoms with Crippen molar-refractivity contribution >= 4 is 10.1 Å². The average Bonchev–Trinajstić information content (AvgIpc) is 2.64. The number of aryl methyl sites for hydroxylation is 1. The van der Waals surface area contributed by atoms with Gasteiger partial charge in [-0.2, -0.15) is 8.42 Å². The molecule has 2 aromatic carbocycles. The third-order valence-corrected chi connectivity index (χ3v) is 4.65. The predicted molar refractivity (Wildman–Crippen MR) is 97.3 cm³/mol. The molecule has 1 aliphatic heterocycles. The Morgan fingerprint density at radius 3 is 2.62 bits per heavy atom. The quantitative estimate of drug-likeness (QED) is 0.690. The highest BCUT2D eigenvalue weighted by atomic mass is 32.2. The normalized spacial score (nSPS) is 16.5. The van der Waals surface area contributed by atoms with E-state index in [0.717, 1.165) is 23.8 Å². The third-order valence-electron chi connectivity index (χ3n) is 4.08. The van der Waals surface area contributed by atoms with Crippen LogP contribution in [0.4, 0.5) is 0 Å². The molecule has 0 amide bonds. The summed E-state index contributed by atoms with van der Waals surface area (Å²) in [5.41, 5.74) is 2.05. The van der Waals surface area contributed by atoms with Crippen molar-refractivity contribution in [2.75, 3.05) is 20.0 Å². The Balaban J connectivity index is 1.73. The molecule has 0 spiro atoms. The van der Waals surface area contributed by atoms with Gasteiger partial charge >= 0.3 is 0 Å². The van der Waals surface area contributed by atoms with Crippen LogP contribution in [0.25, 0.3) is 0 Å². The van der Waals surface area contributed by atoms with Crippen LogP contribution in [0.2, 0.25) is 0 Å². The van der Waals surface area contributed by atoms with Gasteiger partial charge in [0.25, 0.3) is 10.1 Å². The first-order valence-corrected chi connectivity index (χ1v) is 10.1. The molecule has 3 rings (SSSR count). The first-order chi connectivity index (χ1) is 12.4. The summed E-state index contributed by atoms with van der Waals surface area (Å²) in [5.74, 6) is 1.90. The number of benzene rings is 2. The van der Waals surface area contributed by atoms with E-state index in [2.05, 4.69) is 0 Å². The number of rotatable bonds is 7. The number of ether oxygens (including phenoxy) is 3. The van der Waals surface area contributed by atoms with Crippen molar-refractivity contribution in [1.29, 1.82) is 0 Å². The molecule has 1 unspecified atom stereocenters. The Kier molecular flexibility index (Phi) is 5.68. The third kappa shape index (κ3) is 4.89. The first-order valence-electron chi connectivity index (χ1n) is 8.33. The SMILES string of the molecule is COc1cc2c(cc1OCc1ccccc1)OC(COS(C)(=O)=O)CC2. The van der Waals surface area contributed by atoms with E-state index in [4.69, 9.17) is 18.4 Å². The smallest absolute Gasteiger partial charge is 0.264 e. The summed E-state index contributed by atoms with van der Waals surface area (Å²) >= 11 is 0. The topological polar surface area (TPSA) is 71.1 Å². The summed E-state index contributed by atoms with van der Waals surface area (Å²) in [6.07, 6.45) is 2.15. The standard InChI is InChI=1S/C19H22O6S/c1-22-18-10-15-8-9-16(13-24-26(2,20)21)25-17(15)11-19(18)23-12-14-6-4-3-5-7-14/h3-7,10-11,16H,8-9,12-13H2,1-2H3. The Hall–Kier alpha value is -2.25. The molecule has 7 heteroatoms. The molecule has 6 nitrogen and oxygen atoms in total. The van der Waals surface area contributed by atoms with Crippen LogP contribution in [0, 0.1) is 0 Å². The van der Waals surface area contributed by atoms with Gasteiger partial charge in [0.15, 0.2) is 11.5 Å². The Labute approximate surface area is 153 Å². The highest BCUT2D eigenvalue weighted by Crippen LogP contribution is 2.38. The van der Waals surface area contributed by atoms with E-state index in [1.807, 2.05) is 36.4 Å². The molecular weight excluding hydrogens is 356 g/mol. The first kappa shape index (κ1) is 18.5. The highest BCUT2D eigenvalue weighted by Gasteiger charge is 2.24. The van der Waals surface area contributed by atoms with Crippen LogP contribution in [0.3, 0.4) is 0 Å². The maximum atomic E-state index is 11.2. The van der Waals surface area contributed by atoms with Crippen molar-refractivity contribution in [2.24, 2.45) is 0 Å². The largest absolute Gasteiger partial charge is 0.493 e. The molecule has 26 heavy (non-hydrogen) atoms. The second-order valence-electron chi connectivity index (χ2n) is 6.15. The summed E-state index contributed by atoms with van der Waals surface area (Å²) in [5, 5.41) is 0. The lowest BCUT2D eigenvalue weighted by atomic mass is 10.0. The molecule has 0 saturated carbocycles. The van der Waals surface area contributed by atoms with E-state index in [1.165, 1.54) is 0 Å². The van der Waals surface area contributed by atoms with Crippen molar-refractivity contribution in [3.8, 4) is 17.2 Å². The van der Waals surface area contributed by atoms with Crippen molar-refractivity contribution in [2.45, 2.75) is 25.6 Å². The van der Waals surface area contributed by atoms with Gasteiger partial charge in [0, 0.05) is 6.07 Å². The molecule has 1 heterocycles. The molecule has 0 N–H and O–H groups in total. The summed E-state index contributed by atoms with van der Waals surface area (Å²) in [6, 6.07) is 13.5. The van der Waals surface area contributed by atoms with Crippen LogP contribution >= 0.6 is 0 Å². The summed E-state index contributed by atoms with van der Waals surface area (Å²) in [7, 11) is -1.88. The molecule has 1 aliphatic rings. The number of hydrogen-bond acceptors (Lipinski definition) is 6. The fraction of sp³-hybridized carbons (Fsp3) is 0.368. The second-order valence-corrected chi connectivity index (χ2v) is 7.80. The van der Waals surface area contributed by atoms with Gasteiger partial charge in [-0.1, -0.05) is 30.3 Å². The molecule has 140 valence electrons. The molecule has 0 aliphatic carbocycles. The Bertz CT molecular complexity index is 848. The molecular formula is C19H22O6S. The number of hydrogen-bond donors (Lipinski definition) is 0. The van der Waals surface area contributed by atoms with E-state index >= 15 is 0 Å². The van der Waals surface area contributed by atoms with E-state index in [0.29, 0.717) is 30.3 Å². The predicted octanol–water partition coefficient (Wildman–Crippen LogP) is 2.94. The van der Waals surface area contributed by atoms with Gasteiger partial charge in [0.1, 0.15) is 25.1 Å². The van der Waals surface area contributed by atoms with Crippen LogP contribution in [-0.2, 0) is 27.3 Å². The zero-order valence-electron chi connectivity index (χ0n) is 14.8. The summed E-state index contributed by atoms with van der Waals surface area (Å²) in [6.45, 7) is 0.418. The van der Waals surface area contributed by atoms with Gasteiger partial charge in [0.2, 0.25) is 0 Å². The molecule has 0 bridgehead atoms. The van der Waals surface area contributed by atoms with Crippen LogP contribution in [0.5, 0.6) is 17.2 Å². The Morgan fingerprint density at radius 2 is 1.92 bits per heavy atom. The highest BCUT2D eigenvalue weighted by molar-refractivity contribution is 7.85. The number of fused-ring (bicyclic) bond motifs is 1. The van der Waals surface area contributed by atoms with Gasteiger partial charge in [-0.05, 0) is 30.0 Å². The van der Waals surface area contributed by atoms with E-state index in [-0.39, 0.29) is 12.7 Å². The van der Waals surface area contributed by atoms with E-state index in [1.54, 1.807) is 13.2 Å². The maximum absolute atomic E-state index is 11.2. The molecule has 0 radical (unpaired) electrons. The maximum Gasteiger partial charge on any atom is 0.264 e. The minimum absolute atomic E-state index is 0.00447. The lowest BCUT2D eigenvalue weighted by Crippen LogP contribution is -2.28. The molecule has 0 fully saturated rings. The minimum Gasteiger partial charge on any atom is -0.493 e. The van der Waals surface area contributed by atoms with E-state index < -0.39 is 10.1 Å². The fourth-order valence-corrected chi connectivity index (χ4v) is 3.17. The molecule has 0 aromatic heterocycles. The van der Waals surface area contributed by atoms with Gasteiger partial charge < -0.3 is 14.2 Å².